The minimum Gasteiger partial charge on any atom is -0.496 e. The van der Waals surface area contributed by atoms with Crippen molar-refractivity contribution in [3.63, 3.8) is 0 Å². The molecule has 0 aliphatic rings. The Morgan fingerprint density at radius 1 is 1.11 bits per heavy atom. The molecule has 136 valence electrons. The first-order valence-corrected chi connectivity index (χ1v) is 9.33. The number of nitrogens with one attached hydrogen (secondary N) is 1. The van der Waals surface area contributed by atoms with Crippen molar-refractivity contribution in [1.82, 2.24) is 9.88 Å². The lowest BCUT2D eigenvalue weighted by atomic mass is 10.1. The zero-order chi connectivity index (χ0) is 19.0. The highest BCUT2D eigenvalue weighted by atomic mass is 32.1. The van der Waals surface area contributed by atoms with E-state index < -0.39 is 0 Å². The SMILES string of the molecule is COc1ccccc1CNC(=O)c1cc2c(=O)n(C)c3ccccc3c2s1. The van der Waals surface area contributed by atoms with Crippen LogP contribution in [0.5, 0.6) is 5.75 Å². The Labute approximate surface area is 159 Å². The molecule has 1 N–H and O–H groups in total. The molecule has 0 saturated carbocycles. The number of rotatable bonds is 4. The molecule has 2 aromatic carbocycles. The van der Waals surface area contributed by atoms with E-state index in [1.54, 1.807) is 24.8 Å². The van der Waals surface area contributed by atoms with Gasteiger partial charge < -0.3 is 14.6 Å². The summed E-state index contributed by atoms with van der Waals surface area (Å²) in [6.45, 7) is 0.357. The Morgan fingerprint density at radius 3 is 2.67 bits per heavy atom. The van der Waals surface area contributed by atoms with Crippen molar-refractivity contribution in [3.8, 4) is 5.75 Å². The summed E-state index contributed by atoms with van der Waals surface area (Å²) in [4.78, 5) is 25.9. The molecule has 0 aliphatic heterocycles. The van der Waals surface area contributed by atoms with Crippen molar-refractivity contribution in [1.29, 1.82) is 0 Å². The number of aryl methyl sites for hydroxylation is 1. The van der Waals surface area contributed by atoms with Crippen LogP contribution in [0, 0.1) is 0 Å². The standard InChI is InChI=1S/C21H18N2O3S/c1-23-16-9-5-4-8-14(16)19-15(21(23)25)11-18(27-19)20(24)22-12-13-7-3-6-10-17(13)26-2/h3-11H,12H2,1-2H3,(H,22,24). The molecule has 6 heteroatoms. The zero-order valence-corrected chi connectivity index (χ0v) is 15.8. The van der Waals surface area contributed by atoms with E-state index in [0.29, 0.717) is 16.8 Å². The van der Waals surface area contributed by atoms with Crippen molar-refractivity contribution in [2.75, 3.05) is 7.11 Å². The van der Waals surface area contributed by atoms with Crippen LogP contribution in [-0.4, -0.2) is 17.6 Å². The summed E-state index contributed by atoms with van der Waals surface area (Å²) in [6.07, 6.45) is 0. The molecular weight excluding hydrogens is 360 g/mol. The molecule has 0 bridgehead atoms. The van der Waals surface area contributed by atoms with E-state index >= 15 is 0 Å². The molecule has 0 radical (unpaired) electrons. The van der Waals surface area contributed by atoms with Gasteiger partial charge in [0.1, 0.15) is 5.75 Å². The number of benzene rings is 2. The van der Waals surface area contributed by atoms with Crippen LogP contribution in [0.15, 0.2) is 59.4 Å². The number of nitrogens with zero attached hydrogens (tertiary/aromatic N) is 1. The third kappa shape index (κ3) is 2.98. The van der Waals surface area contributed by atoms with Crippen molar-refractivity contribution < 1.29 is 9.53 Å². The van der Waals surface area contributed by atoms with Gasteiger partial charge in [-0.2, -0.15) is 0 Å². The van der Waals surface area contributed by atoms with Crippen molar-refractivity contribution in [2.45, 2.75) is 6.54 Å². The van der Waals surface area contributed by atoms with E-state index in [4.69, 9.17) is 4.74 Å². The molecule has 0 saturated heterocycles. The third-order valence-corrected chi connectivity index (χ3v) is 5.80. The molecule has 1 amide bonds. The van der Waals surface area contributed by atoms with Gasteiger partial charge in [-0.3, -0.25) is 9.59 Å². The van der Waals surface area contributed by atoms with Gasteiger partial charge in [0, 0.05) is 29.2 Å². The smallest absolute Gasteiger partial charge is 0.261 e. The number of hydrogen-bond donors (Lipinski definition) is 1. The van der Waals surface area contributed by atoms with Crippen LogP contribution in [-0.2, 0) is 13.6 Å². The number of carbonyl (C=O) groups excluding carboxylic acids is 1. The lowest BCUT2D eigenvalue weighted by molar-refractivity contribution is 0.0955. The number of ether oxygens (including phenoxy) is 1. The monoisotopic (exact) mass is 378 g/mol. The minimum absolute atomic E-state index is 0.0938. The third-order valence-electron chi connectivity index (χ3n) is 4.63. The fourth-order valence-corrected chi connectivity index (χ4v) is 4.32. The van der Waals surface area contributed by atoms with Crippen LogP contribution < -0.4 is 15.6 Å². The molecule has 0 aliphatic carbocycles. The van der Waals surface area contributed by atoms with E-state index in [0.717, 1.165) is 26.9 Å². The largest absolute Gasteiger partial charge is 0.496 e. The Bertz CT molecular complexity index is 1220. The Morgan fingerprint density at radius 2 is 1.85 bits per heavy atom. The van der Waals surface area contributed by atoms with E-state index in [2.05, 4.69) is 5.32 Å². The predicted molar refractivity (Wildman–Crippen MR) is 109 cm³/mol. The zero-order valence-electron chi connectivity index (χ0n) is 15.0. The van der Waals surface area contributed by atoms with E-state index in [1.807, 2.05) is 48.5 Å². The molecule has 0 spiro atoms. The van der Waals surface area contributed by atoms with Gasteiger partial charge in [-0.15, -0.1) is 11.3 Å². The second kappa shape index (κ2) is 6.89. The second-order valence-corrected chi connectivity index (χ2v) is 7.28. The van der Waals surface area contributed by atoms with Gasteiger partial charge in [-0.05, 0) is 18.2 Å². The van der Waals surface area contributed by atoms with Crippen molar-refractivity contribution in [3.05, 3.63) is 75.4 Å². The number of methoxy groups -OCH3 is 1. The number of pyridine rings is 1. The molecule has 2 heterocycles. The Balaban J connectivity index is 1.70. The van der Waals surface area contributed by atoms with Crippen molar-refractivity contribution in [2.24, 2.45) is 7.05 Å². The fourth-order valence-electron chi connectivity index (χ4n) is 3.22. The highest BCUT2D eigenvalue weighted by molar-refractivity contribution is 7.21. The van der Waals surface area contributed by atoms with Crippen LogP contribution in [0.2, 0.25) is 0 Å². The topological polar surface area (TPSA) is 60.3 Å². The average Bonchev–Trinajstić information content (AvgIpc) is 3.16. The van der Waals surface area contributed by atoms with Gasteiger partial charge in [-0.1, -0.05) is 36.4 Å². The molecular formula is C21H18N2O3S. The van der Waals surface area contributed by atoms with Crippen molar-refractivity contribution >= 4 is 38.2 Å². The van der Waals surface area contributed by atoms with Gasteiger partial charge >= 0.3 is 0 Å². The second-order valence-electron chi connectivity index (χ2n) is 6.23. The van der Waals surface area contributed by atoms with E-state index in [-0.39, 0.29) is 11.5 Å². The predicted octanol–water partition coefficient (Wildman–Crippen LogP) is 3.69. The van der Waals surface area contributed by atoms with Crippen LogP contribution in [0.1, 0.15) is 15.2 Å². The van der Waals surface area contributed by atoms with Gasteiger partial charge in [0.05, 0.1) is 22.9 Å². The highest BCUT2D eigenvalue weighted by Gasteiger charge is 2.16. The maximum absolute atomic E-state index is 12.7. The molecule has 4 aromatic rings. The van der Waals surface area contributed by atoms with Crippen LogP contribution in [0.4, 0.5) is 0 Å². The first-order valence-electron chi connectivity index (χ1n) is 8.51. The van der Waals surface area contributed by atoms with Gasteiger partial charge in [-0.25, -0.2) is 0 Å². The first kappa shape index (κ1) is 17.3. The molecule has 2 aromatic heterocycles. The number of fused-ring (bicyclic) bond motifs is 3. The molecule has 0 atom stereocenters. The first-order chi connectivity index (χ1) is 13.1. The maximum Gasteiger partial charge on any atom is 0.261 e. The number of amides is 1. The Kier molecular flexibility index (Phi) is 4.41. The summed E-state index contributed by atoms with van der Waals surface area (Å²) < 4.78 is 7.79. The van der Waals surface area contributed by atoms with E-state index in [1.165, 1.54) is 11.3 Å². The molecule has 27 heavy (non-hydrogen) atoms. The van der Waals surface area contributed by atoms with Gasteiger partial charge in [0.15, 0.2) is 0 Å². The Hall–Kier alpha value is -3.12. The lowest BCUT2D eigenvalue weighted by Gasteiger charge is -2.08. The summed E-state index contributed by atoms with van der Waals surface area (Å²) in [6, 6.07) is 17.0. The molecule has 4 rings (SSSR count). The van der Waals surface area contributed by atoms with Crippen LogP contribution >= 0.6 is 11.3 Å². The average molecular weight is 378 g/mol. The quantitative estimate of drug-likeness (QED) is 0.589. The number of hydrogen-bond acceptors (Lipinski definition) is 4. The van der Waals surface area contributed by atoms with Crippen LogP contribution in [0.3, 0.4) is 0 Å². The summed E-state index contributed by atoms with van der Waals surface area (Å²) in [5.74, 6) is 0.530. The summed E-state index contributed by atoms with van der Waals surface area (Å²) in [5.41, 5.74) is 1.66. The molecule has 5 nitrogen and oxygen atoms in total. The summed E-state index contributed by atoms with van der Waals surface area (Å²) in [5, 5.41) is 4.46. The minimum atomic E-state index is -0.201. The van der Waals surface area contributed by atoms with Gasteiger partial charge in [0.2, 0.25) is 0 Å². The number of aromatic nitrogens is 1. The number of thiophene rings is 1. The normalized spacial score (nSPS) is 11.0. The fraction of sp³-hybridized carbons (Fsp3) is 0.143. The highest BCUT2D eigenvalue weighted by Crippen LogP contribution is 2.30. The summed E-state index contributed by atoms with van der Waals surface area (Å²) in [7, 11) is 3.36. The maximum atomic E-state index is 12.7. The summed E-state index contributed by atoms with van der Waals surface area (Å²) >= 11 is 1.35. The lowest BCUT2D eigenvalue weighted by Crippen LogP contribution is -2.22. The molecule has 0 fully saturated rings. The van der Waals surface area contributed by atoms with Gasteiger partial charge in [0.25, 0.3) is 11.5 Å². The van der Waals surface area contributed by atoms with Crippen LogP contribution in [0.25, 0.3) is 21.0 Å². The number of para-hydroxylation sites is 2. The van der Waals surface area contributed by atoms with E-state index in [9.17, 15) is 9.59 Å². The molecule has 0 unspecified atom stereocenters. The number of carbonyl (C=O) groups is 1.